The van der Waals surface area contributed by atoms with Gasteiger partial charge in [0.05, 0.1) is 23.4 Å². The second kappa shape index (κ2) is 6.53. The van der Waals surface area contributed by atoms with E-state index in [1.165, 1.54) is 7.11 Å². The number of methoxy groups -OCH3 is 1. The maximum atomic E-state index is 13.2. The molecular formula is C21H20N2O4S. The van der Waals surface area contributed by atoms with Gasteiger partial charge in [0.15, 0.2) is 0 Å². The van der Waals surface area contributed by atoms with Crippen LogP contribution in [0.1, 0.15) is 22.8 Å². The molecule has 6 nitrogen and oxygen atoms in total. The van der Waals surface area contributed by atoms with Gasteiger partial charge in [-0.3, -0.25) is 9.52 Å². The smallest absolute Gasteiger partial charge is 0.262 e. The largest absolute Gasteiger partial charge is 0.495 e. The molecule has 7 heteroatoms. The molecule has 0 bridgehead atoms. The van der Waals surface area contributed by atoms with Crippen molar-refractivity contribution >= 4 is 38.1 Å². The molecule has 0 atom stereocenters. The van der Waals surface area contributed by atoms with Gasteiger partial charge < -0.3 is 9.64 Å². The lowest BCUT2D eigenvalue weighted by Crippen LogP contribution is -2.25. The van der Waals surface area contributed by atoms with Crippen LogP contribution in [0.2, 0.25) is 0 Å². The molecular weight excluding hydrogens is 376 g/mol. The Balaban J connectivity index is 1.88. The molecule has 0 spiro atoms. The summed E-state index contributed by atoms with van der Waals surface area (Å²) in [6.07, 6.45) is 0. The number of aryl methyl sites for hydroxylation is 1. The van der Waals surface area contributed by atoms with E-state index in [1.807, 2.05) is 19.9 Å². The van der Waals surface area contributed by atoms with Crippen LogP contribution < -0.4 is 14.4 Å². The van der Waals surface area contributed by atoms with Crippen LogP contribution in [0.15, 0.2) is 53.4 Å². The van der Waals surface area contributed by atoms with Crippen LogP contribution in [0.5, 0.6) is 5.75 Å². The van der Waals surface area contributed by atoms with Crippen LogP contribution in [0.4, 0.5) is 11.4 Å². The Bertz CT molecular complexity index is 1220. The maximum Gasteiger partial charge on any atom is 0.262 e. The van der Waals surface area contributed by atoms with Crippen molar-refractivity contribution in [2.45, 2.75) is 18.7 Å². The van der Waals surface area contributed by atoms with Gasteiger partial charge in [0.1, 0.15) is 5.75 Å². The fraction of sp³-hybridized carbons (Fsp3) is 0.190. The van der Waals surface area contributed by atoms with Gasteiger partial charge in [-0.1, -0.05) is 18.2 Å². The fourth-order valence-corrected chi connectivity index (χ4v) is 4.93. The first-order valence-corrected chi connectivity index (χ1v) is 10.4. The molecule has 4 rings (SSSR count). The normalized spacial score (nSPS) is 13.2. The fourth-order valence-electron chi connectivity index (χ4n) is 3.67. The van der Waals surface area contributed by atoms with Crippen molar-refractivity contribution in [3.05, 3.63) is 59.7 Å². The summed E-state index contributed by atoms with van der Waals surface area (Å²) in [5, 5.41) is 1.20. The molecule has 1 aliphatic heterocycles. The number of sulfonamides is 1. The lowest BCUT2D eigenvalue weighted by molar-refractivity contribution is 0.0994. The summed E-state index contributed by atoms with van der Waals surface area (Å²) in [5.74, 6) is 0.332. The molecule has 0 aromatic heterocycles. The second-order valence-electron chi connectivity index (χ2n) is 6.67. The summed E-state index contributed by atoms with van der Waals surface area (Å²) in [7, 11) is -2.40. The Morgan fingerprint density at radius 3 is 2.61 bits per heavy atom. The summed E-state index contributed by atoms with van der Waals surface area (Å²) in [4.78, 5) is 14.4. The van der Waals surface area contributed by atoms with Crippen molar-refractivity contribution in [1.29, 1.82) is 0 Å². The van der Waals surface area contributed by atoms with E-state index in [4.69, 9.17) is 4.74 Å². The van der Waals surface area contributed by atoms with E-state index in [0.29, 0.717) is 34.3 Å². The van der Waals surface area contributed by atoms with E-state index in [2.05, 4.69) is 4.72 Å². The van der Waals surface area contributed by atoms with Gasteiger partial charge in [0, 0.05) is 22.9 Å². The van der Waals surface area contributed by atoms with Crippen molar-refractivity contribution in [1.82, 2.24) is 0 Å². The first-order valence-electron chi connectivity index (χ1n) is 8.92. The molecule has 3 aromatic rings. The van der Waals surface area contributed by atoms with Gasteiger partial charge in [0.2, 0.25) is 0 Å². The molecule has 0 aliphatic carbocycles. The molecule has 0 fully saturated rings. The lowest BCUT2D eigenvalue weighted by Gasteiger charge is -2.16. The van der Waals surface area contributed by atoms with Gasteiger partial charge in [-0.05, 0) is 49.7 Å². The molecule has 1 heterocycles. The molecule has 0 radical (unpaired) electrons. The van der Waals surface area contributed by atoms with E-state index < -0.39 is 10.0 Å². The van der Waals surface area contributed by atoms with E-state index in [-0.39, 0.29) is 10.8 Å². The van der Waals surface area contributed by atoms with Gasteiger partial charge in [0.25, 0.3) is 15.9 Å². The summed E-state index contributed by atoms with van der Waals surface area (Å²) >= 11 is 0. The molecule has 1 N–H and O–H groups in total. The Labute approximate surface area is 163 Å². The Morgan fingerprint density at radius 2 is 1.89 bits per heavy atom. The van der Waals surface area contributed by atoms with E-state index in [9.17, 15) is 13.2 Å². The Kier molecular flexibility index (Phi) is 4.27. The third-order valence-electron chi connectivity index (χ3n) is 4.95. The number of carbonyl (C=O) groups excluding carboxylic acids is 1. The first-order chi connectivity index (χ1) is 13.4. The zero-order chi connectivity index (χ0) is 20.1. The second-order valence-corrected chi connectivity index (χ2v) is 8.32. The number of amides is 1. The van der Waals surface area contributed by atoms with Crippen LogP contribution in [0.25, 0.3) is 10.8 Å². The molecule has 0 unspecified atom stereocenters. The molecule has 0 saturated heterocycles. The van der Waals surface area contributed by atoms with E-state index >= 15 is 0 Å². The highest BCUT2D eigenvalue weighted by Crippen LogP contribution is 2.40. The zero-order valence-electron chi connectivity index (χ0n) is 15.8. The topological polar surface area (TPSA) is 75.7 Å². The highest BCUT2D eigenvalue weighted by molar-refractivity contribution is 7.93. The first kappa shape index (κ1) is 18.3. The van der Waals surface area contributed by atoms with E-state index in [1.54, 1.807) is 47.4 Å². The predicted molar refractivity (Wildman–Crippen MR) is 110 cm³/mol. The average molecular weight is 396 g/mol. The SMILES string of the molecule is CCN1C(=O)c2cccc3c(S(=O)(=O)Nc4cc(C)ccc4OC)ccc1c23. The van der Waals surface area contributed by atoms with Crippen molar-refractivity contribution in [3.8, 4) is 5.75 Å². The number of hydrogen-bond acceptors (Lipinski definition) is 4. The van der Waals surface area contributed by atoms with Crippen molar-refractivity contribution < 1.29 is 17.9 Å². The standard InChI is InChI=1S/C21H20N2O4S/c1-4-23-17-9-11-19(14-6-5-7-15(20(14)17)21(23)24)28(25,26)22-16-12-13(2)8-10-18(16)27-3/h5-12,22H,4H2,1-3H3. The third kappa shape index (κ3) is 2.70. The van der Waals surface area contributed by atoms with Crippen LogP contribution in [0, 0.1) is 6.92 Å². The molecule has 1 aliphatic rings. The van der Waals surface area contributed by atoms with Crippen LogP contribution in [0.3, 0.4) is 0 Å². The number of ether oxygens (including phenoxy) is 1. The van der Waals surface area contributed by atoms with Crippen molar-refractivity contribution in [2.24, 2.45) is 0 Å². The van der Waals surface area contributed by atoms with Crippen LogP contribution in [-0.4, -0.2) is 28.0 Å². The molecule has 1 amide bonds. The molecule has 144 valence electrons. The third-order valence-corrected chi connectivity index (χ3v) is 6.37. The quantitative estimate of drug-likeness (QED) is 0.709. The van der Waals surface area contributed by atoms with Gasteiger partial charge in [-0.15, -0.1) is 0 Å². The summed E-state index contributed by atoms with van der Waals surface area (Å²) in [6.45, 7) is 4.29. The molecule has 28 heavy (non-hydrogen) atoms. The van der Waals surface area contributed by atoms with Crippen molar-refractivity contribution in [2.75, 3.05) is 23.3 Å². The number of rotatable bonds is 5. The number of nitrogens with zero attached hydrogens (tertiary/aromatic N) is 1. The summed E-state index contributed by atoms with van der Waals surface area (Å²) < 4.78 is 34.3. The van der Waals surface area contributed by atoms with Crippen LogP contribution in [-0.2, 0) is 10.0 Å². The van der Waals surface area contributed by atoms with Gasteiger partial charge in [-0.25, -0.2) is 8.42 Å². The minimum atomic E-state index is -3.90. The number of carbonyl (C=O) groups is 1. The zero-order valence-corrected chi connectivity index (χ0v) is 16.6. The summed E-state index contributed by atoms with van der Waals surface area (Å²) in [5.41, 5.74) is 2.55. The lowest BCUT2D eigenvalue weighted by atomic mass is 10.1. The monoisotopic (exact) mass is 396 g/mol. The molecule has 0 saturated carbocycles. The molecule has 3 aromatic carbocycles. The summed E-state index contributed by atoms with van der Waals surface area (Å²) in [6, 6.07) is 13.7. The highest BCUT2D eigenvalue weighted by atomic mass is 32.2. The average Bonchev–Trinajstić information content (AvgIpc) is 2.95. The minimum absolute atomic E-state index is 0.106. The van der Waals surface area contributed by atoms with Gasteiger partial charge >= 0.3 is 0 Å². The van der Waals surface area contributed by atoms with Crippen LogP contribution >= 0.6 is 0 Å². The minimum Gasteiger partial charge on any atom is -0.495 e. The highest BCUT2D eigenvalue weighted by Gasteiger charge is 2.31. The number of benzene rings is 3. The number of hydrogen-bond donors (Lipinski definition) is 1. The maximum absolute atomic E-state index is 13.2. The van der Waals surface area contributed by atoms with Gasteiger partial charge in [-0.2, -0.15) is 0 Å². The predicted octanol–water partition coefficient (Wildman–Crippen LogP) is 3.94. The van der Waals surface area contributed by atoms with Crippen molar-refractivity contribution in [3.63, 3.8) is 0 Å². The van der Waals surface area contributed by atoms with E-state index in [0.717, 1.165) is 11.3 Å². The number of nitrogens with one attached hydrogen (secondary N) is 1. The Hall–Kier alpha value is -3.06. The Morgan fingerprint density at radius 1 is 1.11 bits per heavy atom. The number of anilines is 2.